The van der Waals surface area contributed by atoms with Crippen LogP contribution in [-0.2, 0) is 4.79 Å². The van der Waals surface area contributed by atoms with Crippen molar-refractivity contribution in [3.63, 3.8) is 0 Å². The molecular weight excluding hydrogens is 291 g/mol. The summed E-state index contributed by atoms with van der Waals surface area (Å²) in [5.74, 6) is 0.739. The standard InChI is InChI=1S/C12H15ClN2O3.ClH/c1-7(6-14)12(16)15-9-5-11-10(4-8(9)13)17-2-3-18-11;/h4-5,7H,2-3,6,14H2,1H3,(H,15,16);1H. The maximum atomic E-state index is 11.7. The van der Waals surface area contributed by atoms with Gasteiger partial charge in [0.25, 0.3) is 0 Å². The molecule has 0 saturated carbocycles. The van der Waals surface area contributed by atoms with Crippen molar-refractivity contribution in [3.05, 3.63) is 17.2 Å². The monoisotopic (exact) mass is 306 g/mol. The molecule has 1 aliphatic heterocycles. The molecule has 1 amide bonds. The minimum Gasteiger partial charge on any atom is -0.486 e. The van der Waals surface area contributed by atoms with Crippen LogP contribution in [0.25, 0.3) is 0 Å². The van der Waals surface area contributed by atoms with E-state index in [0.29, 0.717) is 35.4 Å². The molecule has 0 aliphatic carbocycles. The average Bonchev–Trinajstić information content (AvgIpc) is 2.38. The number of anilines is 1. The number of hydrogen-bond donors (Lipinski definition) is 2. The molecule has 0 fully saturated rings. The topological polar surface area (TPSA) is 73.6 Å². The lowest BCUT2D eigenvalue weighted by molar-refractivity contribution is -0.119. The van der Waals surface area contributed by atoms with Gasteiger partial charge in [0.15, 0.2) is 11.5 Å². The molecule has 0 aromatic heterocycles. The second kappa shape index (κ2) is 6.84. The third kappa shape index (κ3) is 3.65. The van der Waals surface area contributed by atoms with Crippen LogP contribution in [0.2, 0.25) is 5.02 Å². The van der Waals surface area contributed by atoms with Crippen molar-refractivity contribution in [2.45, 2.75) is 6.92 Å². The van der Waals surface area contributed by atoms with Gasteiger partial charge in [0, 0.05) is 24.6 Å². The van der Waals surface area contributed by atoms with Gasteiger partial charge in [0.1, 0.15) is 13.2 Å². The zero-order chi connectivity index (χ0) is 13.1. The summed E-state index contributed by atoms with van der Waals surface area (Å²) in [5.41, 5.74) is 5.94. The summed E-state index contributed by atoms with van der Waals surface area (Å²) in [6.45, 7) is 3.02. The highest BCUT2D eigenvalue weighted by Gasteiger charge is 2.18. The molecule has 1 atom stereocenters. The van der Waals surface area contributed by atoms with Gasteiger partial charge in [-0.2, -0.15) is 0 Å². The lowest BCUT2D eigenvalue weighted by Crippen LogP contribution is -2.27. The minimum atomic E-state index is -0.269. The van der Waals surface area contributed by atoms with Crippen molar-refractivity contribution >= 4 is 35.6 Å². The van der Waals surface area contributed by atoms with Crippen LogP contribution in [0, 0.1) is 5.92 Å². The number of amides is 1. The van der Waals surface area contributed by atoms with Crippen molar-refractivity contribution in [2.75, 3.05) is 25.1 Å². The number of rotatable bonds is 3. The lowest BCUT2D eigenvalue weighted by Gasteiger charge is -2.20. The zero-order valence-corrected chi connectivity index (χ0v) is 12.0. The first kappa shape index (κ1) is 15.9. The highest BCUT2D eigenvalue weighted by Crippen LogP contribution is 2.38. The van der Waals surface area contributed by atoms with Gasteiger partial charge in [-0.1, -0.05) is 18.5 Å². The van der Waals surface area contributed by atoms with Crippen molar-refractivity contribution in [1.82, 2.24) is 0 Å². The van der Waals surface area contributed by atoms with E-state index in [0.717, 1.165) is 0 Å². The van der Waals surface area contributed by atoms with Crippen molar-refractivity contribution in [2.24, 2.45) is 11.7 Å². The molecule has 0 bridgehead atoms. The number of hydrogen-bond acceptors (Lipinski definition) is 4. The first-order valence-corrected chi connectivity index (χ1v) is 6.09. The Bertz CT molecular complexity index is 469. The molecule has 0 radical (unpaired) electrons. The van der Waals surface area contributed by atoms with Gasteiger partial charge in [-0.25, -0.2) is 0 Å². The van der Waals surface area contributed by atoms with Crippen molar-refractivity contribution in [1.29, 1.82) is 0 Å². The summed E-state index contributed by atoms with van der Waals surface area (Å²) in [7, 11) is 0. The number of benzene rings is 1. The molecule has 1 unspecified atom stereocenters. The van der Waals surface area contributed by atoms with E-state index < -0.39 is 0 Å². The van der Waals surface area contributed by atoms with Gasteiger partial charge >= 0.3 is 0 Å². The van der Waals surface area contributed by atoms with Gasteiger partial charge in [0.05, 0.1) is 10.7 Å². The molecule has 1 aromatic carbocycles. The molecule has 2 rings (SSSR count). The largest absolute Gasteiger partial charge is 0.486 e. The molecule has 1 aromatic rings. The van der Waals surface area contributed by atoms with E-state index in [4.69, 9.17) is 26.8 Å². The third-order valence-corrected chi connectivity index (χ3v) is 3.00. The van der Waals surface area contributed by atoms with Gasteiger partial charge in [0.2, 0.25) is 5.91 Å². The van der Waals surface area contributed by atoms with Gasteiger partial charge < -0.3 is 20.5 Å². The van der Waals surface area contributed by atoms with Gasteiger partial charge in [-0.15, -0.1) is 12.4 Å². The molecule has 7 heteroatoms. The van der Waals surface area contributed by atoms with Crippen LogP contribution in [0.1, 0.15) is 6.92 Å². The number of carbonyl (C=O) groups is 1. The zero-order valence-electron chi connectivity index (χ0n) is 10.4. The molecule has 106 valence electrons. The first-order valence-electron chi connectivity index (χ1n) is 5.72. The van der Waals surface area contributed by atoms with E-state index >= 15 is 0 Å². The number of nitrogens with two attached hydrogens (primary N) is 1. The number of carbonyl (C=O) groups excluding carboxylic acids is 1. The van der Waals surface area contributed by atoms with Gasteiger partial charge in [-0.3, -0.25) is 4.79 Å². The molecule has 3 N–H and O–H groups in total. The highest BCUT2D eigenvalue weighted by molar-refractivity contribution is 6.34. The number of halogens is 2. The SMILES string of the molecule is CC(CN)C(=O)Nc1cc2c(cc1Cl)OCCO2.Cl. The summed E-state index contributed by atoms with van der Waals surface area (Å²) in [6, 6.07) is 3.30. The van der Waals surface area contributed by atoms with E-state index in [1.807, 2.05) is 0 Å². The molecule has 0 saturated heterocycles. The Kier molecular flexibility index (Phi) is 5.72. The summed E-state index contributed by atoms with van der Waals surface area (Å²) < 4.78 is 10.8. The van der Waals surface area contributed by atoms with E-state index in [9.17, 15) is 4.79 Å². The van der Waals surface area contributed by atoms with Gasteiger partial charge in [-0.05, 0) is 0 Å². The second-order valence-electron chi connectivity index (χ2n) is 4.10. The third-order valence-electron chi connectivity index (χ3n) is 2.69. The number of nitrogens with one attached hydrogen (secondary N) is 1. The molecular formula is C12H16Cl2N2O3. The Morgan fingerprint density at radius 1 is 1.42 bits per heavy atom. The lowest BCUT2D eigenvalue weighted by atomic mass is 10.1. The maximum Gasteiger partial charge on any atom is 0.228 e. The Labute approximate surface area is 122 Å². The smallest absolute Gasteiger partial charge is 0.228 e. The van der Waals surface area contributed by atoms with Crippen LogP contribution < -0.4 is 20.5 Å². The minimum absolute atomic E-state index is 0. The van der Waals surface area contributed by atoms with Crippen LogP contribution in [0.15, 0.2) is 12.1 Å². The second-order valence-corrected chi connectivity index (χ2v) is 4.51. The van der Waals surface area contributed by atoms with E-state index in [-0.39, 0.29) is 30.8 Å². The molecule has 1 heterocycles. The van der Waals surface area contributed by atoms with E-state index in [1.165, 1.54) is 0 Å². The fourth-order valence-corrected chi connectivity index (χ4v) is 1.72. The Morgan fingerprint density at radius 3 is 2.58 bits per heavy atom. The van der Waals surface area contributed by atoms with Crippen LogP contribution in [0.4, 0.5) is 5.69 Å². The molecule has 1 aliphatic rings. The van der Waals surface area contributed by atoms with Crippen LogP contribution in [-0.4, -0.2) is 25.7 Å². The first-order chi connectivity index (χ1) is 8.61. The maximum absolute atomic E-state index is 11.7. The van der Waals surface area contributed by atoms with Crippen LogP contribution in [0.5, 0.6) is 11.5 Å². The summed E-state index contributed by atoms with van der Waals surface area (Å²) >= 11 is 6.07. The Morgan fingerprint density at radius 2 is 2.00 bits per heavy atom. The van der Waals surface area contributed by atoms with Crippen LogP contribution in [0.3, 0.4) is 0 Å². The summed E-state index contributed by atoms with van der Waals surface area (Å²) in [5, 5.41) is 3.14. The van der Waals surface area contributed by atoms with Crippen molar-refractivity contribution < 1.29 is 14.3 Å². The number of fused-ring (bicyclic) bond motifs is 1. The molecule has 19 heavy (non-hydrogen) atoms. The van der Waals surface area contributed by atoms with Crippen LogP contribution >= 0.6 is 24.0 Å². The predicted octanol–water partition coefficient (Wildman–Crippen LogP) is 2.07. The van der Waals surface area contributed by atoms with E-state index in [2.05, 4.69) is 5.32 Å². The summed E-state index contributed by atoms with van der Waals surface area (Å²) in [6.07, 6.45) is 0. The fourth-order valence-electron chi connectivity index (χ4n) is 1.52. The normalized spacial score (nSPS) is 14.3. The Hall–Kier alpha value is -1.17. The quantitative estimate of drug-likeness (QED) is 0.896. The van der Waals surface area contributed by atoms with Crippen molar-refractivity contribution in [3.8, 4) is 11.5 Å². The highest BCUT2D eigenvalue weighted by atomic mass is 35.5. The predicted molar refractivity (Wildman–Crippen MR) is 76.5 cm³/mol. The number of ether oxygens (including phenoxy) is 2. The molecule has 0 spiro atoms. The van der Waals surface area contributed by atoms with E-state index in [1.54, 1.807) is 19.1 Å². The fraction of sp³-hybridized carbons (Fsp3) is 0.417. The molecule has 5 nitrogen and oxygen atoms in total. The average molecular weight is 307 g/mol. The Balaban J connectivity index is 0.00000180. The summed E-state index contributed by atoms with van der Waals surface area (Å²) in [4.78, 5) is 11.7.